The molecule has 23 heavy (non-hydrogen) atoms. The van der Waals surface area contributed by atoms with Crippen molar-refractivity contribution in [3.8, 4) is 0 Å². The molecule has 1 amide bonds. The van der Waals surface area contributed by atoms with Gasteiger partial charge in [-0.2, -0.15) is 13.2 Å². The zero-order valence-corrected chi connectivity index (χ0v) is 12.4. The second-order valence-corrected chi connectivity index (χ2v) is 5.57. The van der Waals surface area contributed by atoms with E-state index >= 15 is 0 Å². The van der Waals surface area contributed by atoms with Crippen molar-refractivity contribution >= 4 is 5.91 Å². The summed E-state index contributed by atoms with van der Waals surface area (Å²) in [6.07, 6.45) is 0.288. The van der Waals surface area contributed by atoms with Crippen LogP contribution in [0.2, 0.25) is 0 Å². The van der Waals surface area contributed by atoms with Crippen LogP contribution in [0.3, 0.4) is 0 Å². The number of aryl methyl sites for hydroxylation is 2. The smallest absolute Gasteiger partial charge is 0.347 e. The van der Waals surface area contributed by atoms with Crippen LogP contribution in [0.25, 0.3) is 0 Å². The van der Waals surface area contributed by atoms with E-state index in [0.717, 1.165) is 43.8 Å². The van der Waals surface area contributed by atoms with Crippen LogP contribution in [0.4, 0.5) is 13.2 Å². The fraction of sp³-hybridized carbons (Fsp3) is 0.375. The molecule has 0 atom stereocenters. The number of carbonyl (C=O) groups excluding carboxylic acids is 1. The highest BCUT2D eigenvalue weighted by molar-refractivity contribution is 5.92. The molecule has 0 aliphatic carbocycles. The van der Waals surface area contributed by atoms with Gasteiger partial charge in [0.1, 0.15) is 11.5 Å². The minimum atomic E-state index is -4.39. The standard InChI is InChI=1S/C16H16F3N3O/c17-16(18,19)12-5-3-4-11(8-12)9-20-15(23)13-10-22-7-2-1-6-14(22)21-13/h3-5,8,10H,1-2,6-7,9H2,(H,20,23). The molecule has 2 aromatic rings. The average Bonchev–Trinajstić information content (AvgIpc) is 2.96. The van der Waals surface area contributed by atoms with E-state index in [1.807, 2.05) is 4.57 Å². The van der Waals surface area contributed by atoms with E-state index in [2.05, 4.69) is 10.3 Å². The van der Waals surface area contributed by atoms with Gasteiger partial charge in [-0.3, -0.25) is 4.79 Å². The molecule has 1 aromatic heterocycles. The minimum absolute atomic E-state index is 0.0327. The van der Waals surface area contributed by atoms with Gasteiger partial charge in [0, 0.05) is 25.7 Å². The second-order valence-electron chi connectivity index (χ2n) is 5.57. The summed E-state index contributed by atoms with van der Waals surface area (Å²) in [6.45, 7) is 0.883. The third-order valence-electron chi connectivity index (χ3n) is 3.85. The quantitative estimate of drug-likeness (QED) is 0.943. The Bertz CT molecular complexity index is 698. The molecular weight excluding hydrogens is 307 g/mol. The lowest BCUT2D eigenvalue weighted by atomic mass is 10.1. The zero-order valence-electron chi connectivity index (χ0n) is 12.4. The summed E-state index contributed by atoms with van der Waals surface area (Å²) in [5.74, 6) is 0.518. The molecule has 0 saturated carbocycles. The molecule has 2 heterocycles. The number of hydrogen-bond donors (Lipinski definition) is 1. The monoisotopic (exact) mass is 323 g/mol. The van der Waals surface area contributed by atoms with Crippen molar-refractivity contribution in [1.29, 1.82) is 0 Å². The number of carbonyl (C=O) groups is 1. The summed E-state index contributed by atoms with van der Waals surface area (Å²) >= 11 is 0. The van der Waals surface area contributed by atoms with E-state index in [1.165, 1.54) is 6.07 Å². The van der Waals surface area contributed by atoms with E-state index in [4.69, 9.17) is 0 Å². The van der Waals surface area contributed by atoms with Crippen LogP contribution in [-0.4, -0.2) is 15.5 Å². The molecule has 0 unspecified atom stereocenters. The van der Waals surface area contributed by atoms with Crippen LogP contribution in [0.15, 0.2) is 30.5 Å². The number of halogens is 3. The van der Waals surface area contributed by atoms with Gasteiger partial charge in [-0.15, -0.1) is 0 Å². The van der Waals surface area contributed by atoms with E-state index in [9.17, 15) is 18.0 Å². The third-order valence-corrected chi connectivity index (χ3v) is 3.85. The molecule has 7 heteroatoms. The van der Waals surface area contributed by atoms with Gasteiger partial charge < -0.3 is 9.88 Å². The Kier molecular flexibility index (Phi) is 4.11. The number of amides is 1. The minimum Gasteiger partial charge on any atom is -0.347 e. The predicted octanol–water partition coefficient (Wildman–Crippen LogP) is 3.17. The van der Waals surface area contributed by atoms with Crippen LogP contribution < -0.4 is 5.32 Å². The van der Waals surface area contributed by atoms with Crippen molar-refractivity contribution in [2.45, 2.75) is 38.5 Å². The van der Waals surface area contributed by atoms with Crippen LogP contribution in [0.1, 0.15) is 40.3 Å². The lowest BCUT2D eigenvalue weighted by molar-refractivity contribution is -0.137. The van der Waals surface area contributed by atoms with Crippen LogP contribution in [0.5, 0.6) is 0 Å². The lowest BCUT2D eigenvalue weighted by Gasteiger charge is -2.11. The molecule has 1 aliphatic rings. The van der Waals surface area contributed by atoms with Gasteiger partial charge in [-0.05, 0) is 30.5 Å². The molecule has 0 bridgehead atoms. The fourth-order valence-electron chi connectivity index (χ4n) is 2.65. The Balaban J connectivity index is 1.66. The predicted molar refractivity (Wildman–Crippen MR) is 77.8 cm³/mol. The maximum Gasteiger partial charge on any atom is 0.416 e. The van der Waals surface area contributed by atoms with E-state index in [1.54, 1.807) is 12.3 Å². The highest BCUT2D eigenvalue weighted by Crippen LogP contribution is 2.29. The van der Waals surface area contributed by atoms with Crippen molar-refractivity contribution < 1.29 is 18.0 Å². The summed E-state index contributed by atoms with van der Waals surface area (Å²) in [7, 11) is 0. The molecule has 4 nitrogen and oxygen atoms in total. The Labute approximate surface area is 131 Å². The summed E-state index contributed by atoms with van der Waals surface area (Å²) < 4.78 is 39.9. The average molecular weight is 323 g/mol. The molecule has 0 fully saturated rings. The van der Waals surface area contributed by atoms with Crippen LogP contribution >= 0.6 is 0 Å². The van der Waals surface area contributed by atoms with E-state index in [-0.39, 0.29) is 12.5 Å². The molecule has 122 valence electrons. The summed E-state index contributed by atoms with van der Waals surface area (Å²) in [4.78, 5) is 16.4. The van der Waals surface area contributed by atoms with Gasteiger partial charge >= 0.3 is 6.18 Å². The SMILES string of the molecule is O=C(NCc1cccc(C(F)(F)F)c1)c1cn2c(n1)CCCC2. The van der Waals surface area contributed by atoms with Gasteiger partial charge in [0.05, 0.1) is 5.56 Å². The van der Waals surface area contributed by atoms with Gasteiger partial charge in [-0.25, -0.2) is 4.98 Å². The summed E-state index contributed by atoms with van der Waals surface area (Å²) in [5.41, 5.74) is -0.00673. The molecule has 0 spiro atoms. The molecule has 1 aromatic carbocycles. The van der Waals surface area contributed by atoms with Gasteiger partial charge in [0.2, 0.25) is 0 Å². The van der Waals surface area contributed by atoms with Gasteiger partial charge in [0.25, 0.3) is 5.91 Å². The largest absolute Gasteiger partial charge is 0.416 e. The number of hydrogen-bond acceptors (Lipinski definition) is 2. The van der Waals surface area contributed by atoms with Crippen LogP contribution in [-0.2, 0) is 25.7 Å². The molecule has 0 saturated heterocycles. The Morgan fingerprint density at radius 3 is 2.87 bits per heavy atom. The van der Waals surface area contributed by atoms with Crippen molar-refractivity contribution in [3.05, 3.63) is 53.1 Å². The number of benzene rings is 1. The van der Waals surface area contributed by atoms with Crippen molar-refractivity contribution in [2.24, 2.45) is 0 Å². The summed E-state index contributed by atoms with van der Waals surface area (Å²) in [6, 6.07) is 4.93. The Morgan fingerprint density at radius 1 is 1.30 bits per heavy atom. The first-order valence-corrected chi connectivity index (χ1v) is 7.44. The van der Waals surface area contributed by atoms with Crippen molar-refractivity contribution in [3.63, 3.8) is 0 Å². The number of nitrogens with zero attached hydrogens (tertiary/aromatic N) is 2. The molecular formula is C16H16F3N3O. The Morgan fingerprint density at radius 2 is 2.13 bits per heavy atom. The number of aromatic nitrogens is 2. The number of imidazole rings is 1. The highest BCUT2D eigenvalue weighted by atomic mass is 19.4. The number of fused-ring (bicyclic) bond motifs is 1. The van der Waals surface area contributed by atoms with E-state index in [0.29, 0.717) is 11.3 Å². The zero-order chi connectivity index (χ0) is 16.4. The maximum atomic E-state index is 12.7. The number of rotatable bonds is 3. The van der Waals surface area contributed by atoms with Gasteiger partial charge in [-0.1, -0.05) is 12.1 Å². The number of nitrogens with one attached hydrogen (secondary N) is 1. The molecule has 0 radical (unpaired) electrons. The first-order chi connectivity index (χ1) is 10.9. The fourth-order valence-corrected chi connectivity index (χ4v) is 2.65. The lowest BCUT2D eigenvalue weighted by Crippen LogP contribution is -2.23. The van der Waals surface area contributed by atoms with E-state index < -0.39 is 11.7 Å². The third kappa shape index (κ3) is 3.55. The summed E-state index contributed by atoms with van der Waals surface area (Å²) in [5, 5.41) is 2.62. The Hall–Kier alpha value is -2.31. The van der Waals surface area contributed by atoms with Crippen molar-refractivity contribution in [2.75, 3.05) is 0 Å². The number of alkyl halides is 3. The molecule has 1 N–H and O–H groups in total. The first kappa shape index (κ1) is 15.6. The molecule has 1 aliphatic heterocycles. The first-order valence-electron chi connectivity index (χ1n) is 7.44. The topological polar surface area (TPSA) is 46.9 Å². The van der Waals surface area contributed by atoms with Crippen molar-refractivity contribution in [1.82, 2.24) is 14.9 Å². The maximum absolute atomic E-state index is 12.7. The van der Waals surface area contributed by atoms with Gasteiger partial charge in [0.15, 0.2) is 0 Å². The normalized spacial score (nSPS) is 14.4. The molecule has 3 rings (SSSR count). The highest BCUT2D eigenvalue weighted by Gasteiger charge is 2.30. The second kappa shape index (κ2) is 6.06. The van der Waals surface area contributed by atoms with Crippen LogP contribution in [0, 0.1) is 0 Å².